The summed E-state index contributed by atoms with van der Waals surface area (Å²) in [4.78, 5) is 8.51. The monoisotopic (exact) mass is 284 g/mol. The third kappa shape index (κ3) is 4.49. The highest BCUT2D eigenvalue weighted by Crippen LogP contribution is 2.15. The Kier molecular flexibility index (Phi) is 5.15. The van der Waals surface area contributed by atoms with Crippen molar-refractivity contribution in [1.82, 2.24) is 4.98 Å². The lowest BCUT2D eigenvalue weighted by atomic mass is 10.2. The molecule has 0 unspecified atom stereocenters. The van der Waals surface area contributed by atoms with Crippen molar-refractivity contribution in [1.29, 1.82) is 0 Å². The van der Waals surface area contributed by atoms with Gasteiger partial charge in [0.05, 0.1) is 13.2 Å². The van der Waals surface area contributed by atoms with Gasteiger partial charge in [-0.3, -0.25) is 0 Å². The Labute approximate surface area is 124 Å². The first-order valence-corrected chi connectivity index (χ1v) is 6.89. The number of benzene rings is 1. The van der Waals surface area contributed by atoms with Crippen LogP contribution in [0.2, 0.25) is 0 Å². The molecule has 3 N–H and O–H groups in total. The van der Waals surface area contributed by atoms with Crippen LogP contribution in [0, 0.1) is 6.92 Å². The van der Waals surface area contributed by atoms with Crippen LogP contribution in [0.15, 0.2) is 47.6 Å². The summed E-state index contributed by atoms with van der Waals surface area (Å²) < 4.78 is 5.46. The predicted molar refractivity (Wildman–Crippen MR) is 85.5 cm³/mol. The minimum atomic E-state index is 0.366. The van der Waals surface area contributed by atoms with Crippen molar-refractivity contribution in [2.24, 2.45) is 10.7 Å². The molecule has 0 spiro atoms. The molecule has 0 aliphatic heterocycles. The van der Waals surface area contributed by atoms with Crippen LogP contribution in [0.3, 0.4) is 0 Å². The van der Waals surface area contributed by atoms with E-state index in [1.54, 1.807) is 6.20 Å². The number of aromatic nitrogens is 1. The maximum absolute atomic E-state index is 5.89. The van der Waals surface area contributed by atoms with Gasteiger partial charge < -0.3 is 15.8 Å². The smallest absolute Gasteiger partial charge is 0.218 e. The van der Waals surface area contributed by atoms with E-state index in [2.05, 4.69) is 15.3 Å². The van der Waals surface area contributed by atoms with E-state index in [1.165, 1.54) is 5.56 Å². The van der Waals surface area contributed by atoms with Gasteiger partial charge in [0.15, 0.2) is 5.96 Å². The molecule has 1 aromatic heterocycles. The maximum Gasteiger partial charge on any atom is 0.218 e. The van der Waals surface area contributed by atoms with E-state index in [1.807, 2.05) is 50.2 Å². The standard InChI is InChI=1S/C16H20N4O/c1-3-21-15-13(5-4-10-18-15)11-19-16(17)20-14-8-6-12(2)7-9-14/h4-10H,3,11H2,1-2H3,(H3,17,19,20). The predicted octanol–water partition coefficient (Wildman–Crippen LogP) is 2.72. The first-order chi connectivity index (χ1) is 10.2. The van der Waals surface area contributed by atoms with E-state index < -0.39 is 0 Å². The Hall–Kier alpha value is -2.56. The van der Waals surface area contributed by atoms with E-state index in [0.29, 0.717) is 25.0 Å². The number of pyridine rings is 1. The highest BCUT2D eigenvalue weighted by molar-refractivity contribution is 5.92. The molecule has 0 aliphatic rings. The van der Waals surface area contributed by atoms with Crippen LogP contribution in [-0.2, 0) is 6.54 Å². The molecule has 2 rings (SSSR count). The fraction of sp³-hybridized carbons (Fsp3) is 0.250. The molecule has 21 heavy (non-hydrogen) atoms. The Morgan fingerprint density at radius 1 is 1.29 bits per heavy atom. The Bertz CT molecular complexity index is 608. The van der Waals surface area contributed by atoms with Gasteiger partial charge in [0.1, 0.15) is 0 Å². The second-order valence-corrected chi connectivity index (χ2v) is 4.59. The molecule has 1 heterocycles. The van der Waals surface area contributed by atoms with Crippen molar-refractivity contribution in [2.75, 3.05) is 11.9 Å². The summed E-state index contributed by atoms with van der Waals surface area (Å²) >= 11 is 0. The van der Waals surface area contributed by atoms with E-state index >= 15 is 0 Å². The quantitative estimate of drug-likeness (QED) is 0.654. The topological polar surface area (TPSA) is 72.5 Å². The van der Waals surface area contributed by atoms with Crippen LogP contribution < -0.4 is 15.8 Å². The molecule has 110 valence electrons. The van der Waals surface area contributed by atoms with Gasteiger partial charge in [0.2, 0.25) is 5.88 Å². The van der Waals surface area contributed by atoms with Crippen LogP contribution in [0.4, 0.5) is 5.69 Å². The summed E-state index contributed by atoms with van der Waals surface area (Å²) in [6, 6.07) is 11.8. The molecule has 5 nitrogen and oxygen atoms in total. The van der Waals surface area contributed by atoms with Gasteiger partial charge in [0.25, 0.3) is 0 Å². The number of guanidine groups is 1. The normalized spacial score (nSPS) is 11.2. The van der Waals surface area contributed by atoms with Gasteiger partial charge >= 0.3 is 0 Å². The van der Waals surface area contributed by atoms with Crippen molar-refractivity contribution < 1.29 is 4.74 Å². The van der Waals surface area contributed by atoms with Gasteiger partial charge in [-0.25, -0.2) is 9.98 Å². The Balaban J connectivity index is 2.01. The number of aliphatic imine (C=N–C) groups is 1. The van der Waals surface area contributed by atoms with E-state index in [0.717, 1.165) is 11.3 Å². The third-order valence-corrected chi connectivity index (χ3v) is 2.87. The lowest BCUT2D eigenvalue weighted by Crippen LogP contribution is -2.22. The SMILES string of the molecule is CCOc1ncccc1CN=C(N)Nc1ccc(C)cc1. The molecule has 0 fully saturated rings. The van der Waals surface area contributed by atoms with Crippen LogP contribution in [0.25, 0.3) is 0 Å². The zero-order chi connectivity index (χ0) is 15.1. The summed E-state index contributed by atoms with van der Waals surface area (Å²) in [6.45, 7) is 4.96. The van der Waals surface area contributed by atoms with Crippen LogP contribution >= 0.6 is 0 Å². The summed E-state index contributed by atoms with van der Waals surface area (Å²) in [7, 11) is 0. The lowest BCUT2D eigenvalue weighted by Gasteiger charge is -2.08. The van der Waals surface area contributed by atoms with E-state index in [4.69, 9.17) is 10.5 Å². The average molecular weight is 284 g/mol. The second-order valence-electron chi connectivity index (χ2n) is 4.59. The van der Waals surface area contributed by atoms with Gasteiger partial charge in [-0.2, -0.15) is 0 Å². The number of nitrogens with one attached hydrogen (secondary N) is 1. The van der Waals surface area contributed by atoms with Crippen molar-refractivity contribution in [3.63, 3.8) is 0 Å². The third-order valence-electron chi connectivity index (χ3n) is 2.87. The highest BCUT2D eigenvalue weighted by atomic mass is 16.5. The molecule has 0 radical (unpaired) electrons. The molecule has 0 aliphatic carbocycles. The van der Waals surface area contributed by atoms with Gasteiger partial charge in [-0.15, -0.1) is 0 Å². The van der Waals surface area contributed by atoms with Crippen molar-refractivity contribution in [3.8, 4) is 5.88 Å². The molecular weight excluding hydrogens is 264 g/mol. The summed E-state index contributed by atoms with van der Waals surface area (Å²) in [5, 5.41) is 3.06. The molecular formula is C16H20N4O. The largest absolute Gasteiger partial charge is 0.478 e. The molecule has 0 saturated carbocycles. The molecule has 0 saturated heterocycles. The molecule has 2 aromatic rings. The van der Waals surface area contributed by atoms with Crippen molar-refractivity contribution >= 4 is 11.6 Å². The highest BCUT2D eigenvalue weighted by Gasteiger charge is 2.03. The number of hydrogen-bond donors (Lipinski definition) is 2. The Morgan fingerprint density at radius 2 is 2.05 bits per heavy atom. The maximum atomic E-state index is 5.89. The number of anilines is 1. The molecule has 0 bridgehead atoms. The van der Waals surface area contributed by atoms with Gasteiger partial charge in [-0.05, 0) is 32.0 Å². The van der Waals surface area contributed by atoms with Crippen LogP contribution in [-0.4, -0.2) is 17.6 Å². The van der Waals surface area contributed by atoms with E-state index in [-0.39, 0.29) is 0 Å². The van der Waals surface area contributed by atoms with E-state index in [9.17, 15) is 0 Å². The molecule has 1 aromatic carbocycles. The van der Waals surface area contributed by atoms with Crippen LogP contribution in [0.5, 0.6) is 5.88 Å². The van der Waals surface area contributed by atoms with Gasteiger partial charge in [-0.1, -0.05) is 23.8 Å². The van der Waals surface area contributed by atoms with Crippen molar-refractivity contribution in [2.45, 2.75) is 20.4 Å². The first kappa shape index (κ1) is 14.8. The number of nitrogens with zero attached hydrogens (tertiary/aromatic N) is 2. The summed E-state index contributed by atoms with van der Waals surface area (Å²) in [5.74, 6) is 0.969. The number of hydrogen-bond acceptors (Lipinski definition) is 3. The van der Waals surface area contributed by atoms with Gasteiger partial charge in [0, 0.05) is 17.4 Å². The summed E-state index contributed by atoms with van der Waals surface area (Å²) in [5.41, 5.74) is 8.92. The first-order valence-electron chi connectivity index (χ1n) is 6.89. The minimum Gasteiger partial charge on any atom is -0.478 e. The molecule has 0 atom stereocenters. The summed E-state index contributed by atoms with van der Waals surface area (Å²) in [6.07, 6.45) is 1.70. The number of aryl methyl sites for hydroxylation is 1. The second kappa shape index (κ2) is 7.28. The number of rotatable bonds is 5. The number of ether oxygens (including phenoxy) is 1. The minimum absolute atomic E-state index is 0.366. The Morgan fingerprint density at radius 3 is 2.76 bits per heavy atom. The van der Waals surface area contributed by atoms with Crippen LogP contribution in [0.1, 0.15) is 18.1 Å². The molecule has 5 heteroatoms. The number of nitrogens with two attached hydrogens (primary N) is 1. The fourth-order valence-corrected chi connectivity index (χ4v) is 1.81. The average Bonchev–Trinajstić information content (AvgIpc) is 2.49. The fourth-order valence-electron chi connectivity index (χ4n) is 1.81. The van der Waals surface area contributed by atoms with Crippen molar-refractivity contribution in [3.05, 3.63) is 53.7 Å². The molecule has 0 amide bonds. The zero-order valence-electron chi connectivity index (χ0n) is 12.3. The zero-order valence-corrected chi connectivity index (χ0v) is 12.3. The lowest BCUT2D eigenvalue weighted by molar-refractivity contribution is 0.323.